The van der Waals surface area contributed by atoms with Crippen molar-refractivity contribution >= 4 is 23.2 Å². The van der Waals surface area contributed by atoms with Gasteiger partial charge in [0.1, 0.15) is 5.82 Å². The van der Waals surface area contributed by atoms with E-state index in [0.29, 0.717) is 6.54 Å². The average molecular weight is 369 g/mol. The number of hydrogen-bond acceptors (Lipinski definition) is 3. The third-order valence-electron chi connectivity index (χ3n) is 4.65. The number of nitrogens with zero attached hydrogens (tertiary/aromatic N) is 1. The number of nitrogens with one attached hydrogen (secondary N) is 2. The van der Waals surface area contributed by atoms with E-state index in [1.807, 2.05) is 30.3 Å². The molecule has 3 rings (SSSR count). The number of halogens is 1. The zero-order valence-electron chi connectivity index (χ0n) is 15.4. The zero-order chi connectivity index (χ0) is 19.2. The van der Waals surface area contributed by atoms with Crippen LogP contribution in [-0.4, -0.2) is 31.4 Å². The monoisotopic (exact) mass is 369 g/mol. The van der Waals surface area contributed by atoms with Gasteiger partial charge in [0.15, 0.2) is 0 Å². The maximum absolute atomic E-state index is 14.1. The van der Waals surface area contributed by atoms with E-state index < -0.39 is 11.7 Å². The molecule has 0 aliphatic carbocycles. The minimum absolute atomic E-state index is 0.113. The summed E-state index contributed by atoms with van der Waals surface area (Å²) in [4.78, 5) is 25.9. The molecule has 0 bridgehead atoms. The Bertz CT molecular complexity index is 810. The lowest BCUT2D eigenvalue weighted by molar-refractivity contribution is -0.126. The second kappa shape index (κ2) is 8.66. The van der Waals surface area contributed by atoms with E-state index in [9.17, 15) is 14.0 Å². The van der Waals surface area contributed by atoms with Gasteiger partial charge in [-0.1, -0.05) is 24.3 Å². The van der Waals surface area contributed by atoms with Crippen molar-refractivity contribution in [2.75, 3.05) is 29.9 Å². The summed E-state index contributed by atoms with van der Waals surface area (Å²) in [5.74, 6) is -1.25. The number of benzene rings is 2. The van der Waals surface area contributed by atoms with Gasteiger partial charge in [0.25, 0.3) is 0 Å². The van der Waals surface area contributed by atoms with Crippen LogP contribution in [0, 0.1) is 18.7 Å². The van der Waals surface area contributed by atoms with E-state index in [1.54, 1.807) is 19.1 Å². The Hall–Kier alpha value is -2.89. The van der Waals surface area contributed by atoms with E-state index in [2.05, 4.69) is 10.6 Å². The summed E-state index contributed by atoms with van der Waals surface area (Å²) in [5.41, 5.74) is 2.08. The molecule has 27 heavy (non-hydrogen) atoms. The molecule has 1 saturated heterocycles. The van der Waals surface area contributed by atoms with Crippen LogP contribution in [0.2, 0.25) is 0 Å². The SMILES string of the molecule is Cc1ccc(N2CC(C(=O)NCCCNc3ccccc3)CC2=O)c(F)c1. The van der Waals surface area contributed by atoms with Crippen molar-refractivity contribution in [3.8, 4) is 0 Å². The van der Waals surface area contributed by atoms with Gasteiger partial charge in [-0.3, -0.25) is 9.59 Å². The number of para-hydroxylation sites is 1. The molecule has 2 amide bonds. The van der Waals surface area contributed by atoms with E-state index in [4.69, 9.17) is 0 Å². The first-order valence-corrected chi connectivity index (χ1v) is 9.18. The highest BCUT2D eigenvalue weighted by Gasteiger charge is 2.35. The minimum Gasteiger partial charge on any atom is -0.385 e. The average Bonchev–Trinajstić information content (AvgIpc) is 3.04. The molecule has 6 heteroatoms. The van der Waals surface area contributed by atoms with Crippen molar-refractivity contribution in [1.82, 2.24) is 5.32 Å². The molecule has 2 aromatic carbocycles. The van der Waals surface area contributed by atoms with Crippen LogP contribution in [0.3, 0.4) is 0 Å². The fraction of sp³-hybridized carbons (Fsp3) is 0.333. The summed E-state index contributed by atoms with van der Waals surface area (Å²) in [6.07, 6.45) is 0.888. The molecule has 1 atom stereocenters. The summed E-state index contributed by atoms with van der Waals surface area (Å²) >= 11 is 0. The van der Waals surface area contributed by atoms with Crippen LogP contribution in [0.25, 0.3) is 0 Å². The minimum atomic E-state index is -0.444. The lowest BCUT2D eigenvalue weighted by Gasteiger charge is -2.17. The van der Waals surface area contributed by atoms with Gasteiger partial charge in [-0.25, -0.2) is 4.39 Å². The number of carbonyl (C=O) groups is 2. The van der Waals surface area contributed by atoms with Crippen molar-refractivity contribution in [1.29, 1.82) is 0 Å². The number of anilines is 2. The predicted octanol–water partition coefficient (Wildman–Crippen LogP) is 3.11. The summed E-state index contributed by atoms with van der Waals surface area (Å²) in [6, 6.07) is 14.6. The fourth-order valence-corrected chi connectivity index (χ4v) is 3.18. The van der Waals surface area contributed by atoms with E-state index in [0.717, 1.165) is 24.2 Å². The van der Waals surface area contributed by atoms with Crippen LogP contribution in [0.5, 0.6) is 0 Å². The molecule has 0 aromatic heterocycles. The van der Waals surface area contributed by atoms with Gasteiger partial charge in [-0.2, -0.15) is 0 Å². The maximum atomic E-state index is 14.1. The molecule has 0 radical (unpaired) electrons. The van der Waals surface area contributed by atoms with E-state index >= 15 is 0 Å². The molecule has 2 aromatic rings. The van der Waals surface area contributed by atoms with Gasteiger partial charge >= 0.3 is 0 Å². The van der Waals surface area contributed by atoms with Crippen LogP contribution < -0.4 is 15.5 Å². The highest BCUT2D eigenvalue weighted by molar-refractivity contribution is 6.00. The molecule has 0 saturated carbocycles. The normalized spacial score (nSPS) is 16.4. The Morgan fingerprint density at radius 3 is 2.70 bits per heavy atom. The fourth-order valence-electron chi connectivity index (χ4n) is 3.18. The number of hydrogen-bond donors (Lipinski definition) is 2. The van der Waals surface area contributed by atoms with Crippen molar-refractivity contribution in [2.45, 2.75) is 19.8 Å². The van der Waals surface area contributed by atoms with Gasteiger partial charge in [-0.05, 0) is 43.2 Å². The first-order chi connectivity index (χ1) is 13.0. The number of aryl methyl sites for hydroxylation is 1. The largest absolute Gasteiger partial charge is 0.385 e. The quantitative estimate of drug-likeness (QED) is 0.737. The van der Waals surface area contributed by atoms with E-state index in [-0.39, 0.29) is 30.5 Å². The van der Waals surface area contributed by atoms with Crippen LogP contribution in [0.15, 0.2) is 48.5 Å². The molecule has 1 unspecified atom stereocenters. The number of rotatable bonds is 7. The summed E-state index contributed by atoms with van der Waals surface area (Å²) in [7, 11) is 0. The van der Waals surface area contributed by atoms with Gasteiger partial charge in [0.05, 0.1) is 11.6 Å². The summed E-state index contributed by atoms with van der Waals surface area (Å²) in [5, 5.41) is 6.15. The highest BCUT2D eigenvalue weighted by atomic mass is 19.1. The Morgan fingerprint density at radius 1 is 1.19 bits per heavy atom. The molecule has 142 valence electrons. The highest BCUT2D eigenvalue weighted by Crippen LogP contribution is 2.28. The Morgan fingerprint density at radius 2 is 1.96 bits per heavy atom. The van der Waals surface area contributed by atoms with Crippen LogP contribution in [0.4, 0.5) is 15.8 Å². The van der Waals surface area contributed by atoms with Crippen molar-refractivity contribution in [2.24, 2.45) is 5.92 Å². The second-order valence-electron chi connectivity index (χ2n) is 6.80. The van der Waals surface area contributed by atoms with Crippen LogP contribution in [0.1, 0.15) is 18.4 Å². The van der Waals surface area contributed by atoms with Crippen molar-refractivity contribution in [3.05, 3.63) is 59.9 Å². The maximum Gasteiger partial charge on any atom is 0.227 e. The molecule has 1 fully saturated rings. The third-order valence-corrected chi connectivity index (χ3v) is 4.65. The molecule has 5 nitrogen and oxygen atoms in total. The van der Waals surface area contributed by atoms with Gasteiger partial charge in [0, 0.05) is 31.7 Å². The van der Waals surface area contributed by atoms with Crippen LogP contribution in [-0.2, 0) is 9.59 Å². The van der Waals surface area contributed by atoms with Crippen LogP contribution >= 0.6 is 0 Å². The molecule has 1 heterocycles. The molecular weight excluding hydrogens is 345 g/mol. The molecule has 0 spiro atoms. The Labute approximate surface area is 158 Å². The summed E-state index contributed by atoms with van der Waals surface area (Å²) < 4.78 is 14.1. The van der Waals surface area contributed by atoms with Crippen molar-refractivity contribution < 1.29 is 14.0 Å². The third kappa shape index (κ3) is 4.84. The zero-order valence-corrected chi connectivity index (χ0v) is 15.4. The molecule has 2 N–H and O–H groups in total. The predicted molar refractivity (Wildman–Crippen MR) is 104 cm³/mol. The van der Waals surface area contributed by atoms with Gasteiger partial charge in [0.2, 0.25) is 11.8 Å². The lowest BCUT2D eigenvalue weighted by atomic mass is 10.1. The molecule has 1 aliphatic heterocycles. The van der Waals surface area contributed by atoms with Gasteiger partial charge in [-0.15, -0.1) is 0 Å². The van der Waals surface area contributed by atoms with Gasteiger partial charge < -0.3 is 15.5 Å². The topological polar surface area (TPSA) is 61.4 Å². The molecular formula is C21H24FN3O2. The second-order valence-corrected chi connectivity index (χ2v) is 6.80. The van der Waals surface area contributed by atoms with Crippen molar-refractivity contribution in [3.63, 3.8) is 0 Å². The smallest absolute Gasteiger partial charge is 0.227 e. The lowest BCUT2D eigenvalue weighted by Crippen LogP contribution is -2.34. The first-order valence-electron chi connectivity index (χ1n) is 9.18. The Kier molecular flexibility index (Phi) is 6.06. The molecule has 1 aliphatic rings. The standard InChI is InChI=1S/C21H24FN3O2/c1-15-8-9-19(18(22)12-15)25-14-16(13-20(25)26)21(27)24-11-5-10-23-17-6-3-2-4-7-17/h2-4,6-9,12,16,23H,5,10-11,13-14H2,1H3,(H,24,27). The first kappa shape index (κ1) is 18.9. The number of amides is 2. The summed E-state index contributed by atoms with van der Waals surface area (Å²) in [6.45, 7) is 3.28. The Balaban J connectivity index is 1.45. The van der Waals surface area contributed by atoms with E-state index in [1.165, 1.54) is 11.0 Å². The number of carbonyl (C=O) groups excluding carboxylic acids is 2.